The zero-order valence-corrected chi connectivity index (χ0v) is 7.12. The summed E-state index contributed by atoms with van der Waals surface area (Å²) >= 11 is 24.9. The Morgan fingerprint density at radius 3 is 1.00 bits per heavy atom. The Morgan fingerprint density at radius 2 is 1.00 bits per heavy atom. The van der Waals surface area contributed by atoms with Crippen LogP contribution in [-0.2, 0) is 0 Å². The molecule has 0 fully saturated rings. The highest BCUT2D eigenvalue weighted by atomic mass is 35.6. The SMILES string of the molecule is OC(Cl)(Cl)C(Cl)(Cl)Cl. The largest absolute Gasteiger partial charge is 0.359 e. The average molecular weight is 218 g/mol. The quantitative estimate of drug-likeness (QED) is 0.619. The fourth-order valence-electron chi connectivity index (χ4n) is 0. The molecular formula is C2HCl5O. The lowest BCUT2D eigenvalue weighted by Crippen LogP contribution is -2.29. The molecule has 0 rings (SSSR count). The van der Waals surface area contributed by atoms with Crippen LogP contribution in [0.25, 0.3) is 0 Å². The number of alkyl halides is 5. The van der Waals surface area contributed by atoms with E-state index in [1.165, 1.54) is 0 Å². The molecule has 0 unspecified atom stereocenters. The van der Waals surface area contributed by atoms with Crippen molar-refractivity contribution in [2.24, 2.45) is 0 Å². The van der Waals surface area contributed by atoms with Crippen LogP contribution >= 0.6 is 58.0 Å². The maximum absolute atomic E-state index is 8.49. The number of rotatable bonds is 0. The molecular weight excluding hydrogens is 217 g/mol. The van der Waals surface area contributed by atoms with E-state index in [2.05, 4.69) is 0 Å². The van der Waals surface area contributed by atoms with Gasteiger partial charge in [0.05, 0.1) is 0 Å². The van der Waals surface area contributed by atoms with E-state index < -0.39 is 8.31 Å². The third-order valence-electron chi connectivity index (χ3n) is 0.341. The summed E-state index contributed by atoms with van der Waals surface area (Å²) in [5.74, 6) is 0. The molecule has 0 saturated heterocycles. The molecule has 0 amide bonds. The second kappa shape index (κ2) is 2.57. The van der Waals surface area contributed by atoms with Crippen molar-refractivity contribution in [3.8, 4) is 0 Å². The normalized spacial score (nSPS) is 14.2. The molecule has 0 spiro atoms. The van der Waals surface area contributed by atoms with Crippen LogP contribution in [0.4, 0.5) is 0 Å². The van der Waals surface area contributed by atoms with Gasteiger partial charge < -0.3 is 5.11 Å². The first-order chi connectivity index (χ1) is 3.25. The highest BCUT2D eigenvalue weighted by Crippen LogP contribution is 2.43. The standard InChI is InChI=1S/C2HCl5O/c3-1(4,5)2(6,7)8/h8H. The highest BCUT2D eigenvalue weighted by Gasteiger charge is 2.44. The number of hydrogen-bond donors (Lipinski definition) is 1. The summed E-state index contributed by atoms with van der Waals surface area (Å²) in [7, 11) is 0. The van der Waals surface area contributed by atoms with Gasteiger partial charge >= 0.3 is 0 Å². The third-order valence-corrected chi connectivity index (χ3v) is 2.31. The van der Waals surface area contributed by atoms with Gasteiger partial charge in [-0.05, 0) is 0 Å². The van der Waals surface area contributed by atoms with Gasteiger partial charge in [0.15, 0.2) is 0 Å². The first-order valence-corrected chi connectivity index (χ1v) is 3.31. The van der Waals surface area contributed by atoms with Crippen molar-refractivity contribution in [1.82, 2.24) is 0 Å². The van der Waals surface area contributed by atoms with Gasteiger partial charge in [0.25, 0.3) is 4.52 Å². The predicted molar refractivity (Wildman–Crippen MR) is 36.9 cm³/mol. The fraction of sp³-hybridized carbons (Fsp3) is 1.00. The molecule has 0 atom stereocenters. The molecule has 0 radical (unpaired) electrons. The molecule has 0 bridgehead atoms. The van der Waals surface area contributed by atoms with E-state index in [-0.39, 0.29) is 0 Å². The molecule has 0 aromatic heterocycles. The van der Waals surface area contributed by atoms with Crippen LogP contribution in [0.15, 0.2) is 0 Å². The van der Waals surface area contributed by atoms with Gasteiger partial charge in [-0.25, -0.2) is 0 Å². The topological polar surface area (TPSA) is 20.2 Å². The zero-order valence-electron chi connectivity index (χ0n) is 3.34. The van der Waals surface area contributed by atoms with E-state index in [9.17, 15) is 0 Å². The summed E-state index contributed by atoms with van der Waals surface area (Å²) in [4.78, 5) is 0. The smallest absolute Gasteiger partial charge is 0.263 e. The van der Waals surface area contributed by atoms with Crippen molar-refractivity contribution in [1.29, 1.82) is 0 Å². The lowest BCUT2D eigenvalue weighted by molar-refractivity contribution is 0.219. The van der Waals surface area contributed by atoms with Crippen LogP contribution in [0.5, 0.6) is 0 Å². The van der Waals surface area contributed by atoms with Gasteiger partial charge in [-0.1, -0.05) is 58.0 Å². The molecule has 0 saturated carbocycles. The van der Waals surface area contributed by atoms with Crippen LogP contribution in [0, 0.1) is 0 Å². The van der Waals surface area contributed by atoms with E-state index in [0.717, 1.165) is 0 Å². The molecule has 8 heavy (non-hydrogen) atoms. The minimum absolute atomic E-state index is 2.06. The Labute approximate surface area is 71.4 Å². The summed E-state index contributed by atoms with van der Waals surface area (Å²) in [6, 6.07) is 0. The molecule has 6 heteroatoms. The molecule has 0 heterocycles. The first-order valence-electron chi connectivity index (χ1n) is 1.42. The lowest BCUT2D eigenvalue weighted by atomic mass is 10.8. The Kier molecular flexibility index (Phi) is 3.02. The fourth-order valence-corrected chi connectivity index (χ4v) is 0. The van der Waals surface area contributed by atoms with Crippen molar-refractivity contribution in [2.45, 2.75) is 8.31 Å². The summed E-state index contributed by atoms with van der Waals surface area (Å²) in [5.41, 5.74) is 0. The lowest BCUT2D eigenvalue weighted by Gasteiger charge is -2.19. The molecule has 0 aromatic carbocycles. The Balaban J connectivity index is 4.02. The molecule has 0 aliphatic carbocycles. The van der Waals surface area contributed by atoms with E-state index in [1.54, 1.807) is 0 Å². The number of aliphatic hydroxyl groups is 1. The van der Waals surface area contributed by atoms with Crippen molar-refractivity contribution >= 4 is 58.0 Å². The minimum atomic E-state index is -2.32. The monoisotopic (exact) mass is 216 g/mol. The second-order valence-electron chi connectivity index (χ2n) is 1.04. The Morgan fingerprint density at radius 1 is 0.875 bits per heavy atom. The van der Waals surface area contributed by atoms with Crippen LogP contribution < -0.4 is 0 Å². The van der Waals surface area contributed by atoms with Crippen molar-refractivity contribution in [2.75, 3.05) is 0 Å². The van der Waals surface area contributed by atoms with E-state index in [4.69, 9.17) is 63.1 Å². The molecule has 0 aliphatic heterocycles. The van der Waals surface area contributed by atoms with Gasteiger partial charge in [0, 0.05) is 0 Å². The average Bonchev–Trinajstić information content (AvgIpc) is 1.25. The van der Waals surface area contributed by atoms with Gasteiger partial charge in [-0.3, -0.25) is 0 Å². The third kappa shape index (κ3) is 2.81. The van der Waals surface area contributed by atoms with Crippen molar-refractivity contribution < 1.29 is 5.11 Å². The second-order valence-corrected chi connectivity index (χ2v) is 4.61. The number of halogens is 5. The van der Waals surface area contributed by atoms with Crippen LogP contribution in [0.2, 0.25) is 0 Å². The van der Waals surface area contributed by atoms with Gasteiger partial charge in [-0.2, -0.15) is 0 Å². The Bertz CT molecular complexity index is 65.4. The molecule has 1 N–H and O–H groups in total. The summed E-state index contributed by atoms with van der Waals surface area (Å²) in [6.45, 7) is 0. The highest BCUT2D eigenvalue weighted by molar-refractivity contribution is 6.74. The molecule has 0 aliphatic rings. The molecule has 1 nitrogen and oxygen atoms in total. The van der Waals surface area contributed by atoms with Crippen LogP contribution in [0.1, 0.15) is 0 Å². The number of hydrogen-bond acceptors (Lipinski definition) is 1. The molecule has 0 aromatic rings. The Hall–Kier alpha value is 1.41. The zero-order chi connectivity index (χ0) is 7.00. The van der Waals surface area contributed by atoms with E-state index in [1.807, 2.05) is 0 Å². The van der Waals surface area contributed by atoms with E-state index >= 15 is 0 Å². The van der Waals surface area contributed by atoms with Gasteiger partial charge in [0.2, 0.25) is 3.79 Å². The van der Waals surface area contributed by atoms with Crippen LogP contribution in [0.3, 0.4) is 0 Å². The maximum Gasteiger partial charge on any atom is 0.263 e. The van der Waals surface area contributed by atoms with Crippen molar-refractivity contribution in [3.05, 3.63) is 0 Å². The first kappa shape index (κ1) is 9.41. The predicted octanol–water partition coefficient (Wildman–Crippen LogP) is 2.48. The van der Waals surface area contributed by atoms with Gasteiger partial charge in [-0.15, -0.1) is 0 Å². The minimum Gasteiger partial charge on any atom is -0.359 e. The molecule has 50 valence electrons. The summed E-state index contributed by atoms with van der Waals surface area (Å²) < 4.78 is -4.38. The summed E-state index contributed by atoms with van der Waals surface area (Å²) in [5, 5.41) is 8.49. The summed E-state index contributed by atoms with van der Waals surface area (Å²) in [6.07, 6.45) is 0. The van der Waals surface area contributed by atoms with E-state index in [0.29, 0.717) is 0 Å². The maximum atomic E-state index is 8.49. The van der Waals surface area contributed by atoms with Crippen LogP contribution in [-0.4, -0.2) is 13.4 Å². The van der Waals surface area contributed by atoms with Gasteiger partial charge in [0.1, 0.15) is 0 Å². The van der Waals surface area contributed by atoms with Crippen molar-refractivity contribution in [3.63, 3.8) is 0 Å².